The summed E-state index contributed by atoms with van der Waals surface area (Å²) in [6.07, 6.45) is 1.28. The van der Waals surface area contributed by atoms with Gasteiger partial charge in [0.2, 0.25) is 0 Å². The van der Waals surface area contributed by atoms with Crippen molar-refractivity contribution in [3.63, 3.8) is 0 Å². The van der Waals surface area contributed by atoms with Crippen LogP contribution in [0.25, 0.3) is 0 Å². The fourth-order valence-electron chi connectivity index (χ4n) is 2.80. The Balaban J connectivity index is 1.74. The molecule has 0 saturated carbocycles. The Morgan fingerprint density at radius 3 is 2.94 bits per heavy atom. The van der Waals surface area contributed by atoms with Crippen LogP contribution in [-0.2, 0) is 0 Å². The normalized spacial score (nSPS) is 29.2. The average molecular weight is 218 g/mol. The van der Waals surface area contributed by atoms with Crippen LogP contribution >= 0.6 is 0 Å². The number of nitrogens with zero attached hydrogens (tertiary/aromatic N) is 3. The van der Waals surface area contributed by atoms with Crippen molar-refractivity contribution in [1.29, 1.82) is 0 Å². The molecule has 2 saturated heterocycles. The van der Waals surface area contributed by atoms with Gasteiger partial charge in [0.1, 0.15) is 0 Å². The molecule has 86 valence electrons. The number of hydrogen-bond acceptors (Lipinski definition) is 4. The van der Waals surface area contributed by atoms with E-state index in [2.05, 4.69) is 26.5 Å². The molecular formula is C12H18N4. The lowest BCUT2D eigenvalue weighted by Crippen LogP contribution is -2.40. The largest absolute Gasteiger partial charge is 0.355 e. The van der Waals surface area contributed by atoms with E-state index in [-0.39, 0.29) is 0 Å². The van der Waals surface area contributed by atoms with Crippen LogP contribution in [0.5, 0.6) is 0 Å². The van der Waals surface area contributed by atoms with E-state index in [4.69, 9.17) is 0 Å². The Morgan fingerprint density at radius 2 is 2.12 bits per heavy atom. The van der Waals surface area contributed by atoms with E-state index in [0.29, 0.717) is 0 Å². The number of piperidine rings is 1. The van der Waals surface area contributed by atoms with Crippen molar-refractivity contribution in [2.45, 2.75) is 13.3 Å². The zero-order valence-electron chi connectivity index (χ0n) is 9.69. The average Bonchev–Trinajstić information content (AvgIpc) is 2.77. The van der Waals surface area contributed by atoms with Crippen LogP contribution in [0, 0.1) is 18.8 Å². The SMILES string of the molecule is Cc1ccc(N2CC[C@@H]3CNC[C@@H]3C2)nn1. The molecule has 3 heterocycles. The third-order valence-corrected chi connectivity index (χ3v) is 3.81. The molecule has 16 heavy (non-hydrogen) atoms. The van der Waals surface area contributed by atoms with Crippen molar-refractivity contribution >= 4 is 5.82 Å². The van der Waals surface area contributed by atoms with E-state index in [9.17, 15) is 0 Å². The standard InChI is InChI=1S/C12H18N4/c1-9-2-3-12(15-14-9)16-5-4-10-6-13-7-11(10)8-16/h2-3,10-11,13H,4-8H2,1H3/t10-,11-/m1/s1. The molecule has 1 aromatic heterocycles. The number of fused-ring (bicyclic) bond motifs is 1. The molecule has 2 fully saturated rings. The maximum Gasteiger partial charge on any atom is 0.151 e. The first-order chi connectivity index (χ1) is 7.83. The Labute approximate surface area is 96.1 Å². The van der Waals surface area contributed by atoms with Gasteiger partial charge in [0.05, 0.1) is 5.69 Å². The van der Waals surface area contributed by atoms with Crippen LogP contribution in [0.1, 0.15) is 12.1 Å². The maximum absolute atomic E-state index is 4.27. The number of aromatic nitrogens is 2. The molecule has 4 heteroatoms. The third-order valence-electron chi connectivity index (χ3n) is 3.81. The molecule has 0 bridgehead atoms. The maximum atomic E-state index is 4.27. The zero-order valence-corrected chi connectivity index (χ0v) is 9.69. The summed E-state index contributed by atoms with van der Waals surface area (Å²) in [5, 5.41) is 11.9. The molecule has 0 radical (unpaired) electrons. The summed E-state index contributed by atoms with van der Waals surface area (Å²) in [7, 11) is 0. The summed E-state index contributed by atoms with van der Waals surface area (Å²) >= 11 is 0. The van der Waals surface area contributed by atoms with E-state index in [0.717, 1.165) is 36.4 Å². The number of aryl methyl sites for hydroxylation is 1. The second-order valence-electron chi connectivity index (χ2n) is 4.95. The molecule has 1 N–H and O–H groups in total. The van der Waals surface area contributed by atoms with Crippen molar-refractivity contribution in [3.05, 3.63) is 17.8 Å². The minimum absolute atomic E-state index is 0.803. The highest BCUT2D eigenvalue weighted by Crippen LogP contribution is 2.28. The Kier molecular flexibility index (Phi) is 2.52. The minimum Gasteiger partial charge on any atom is -0.355 e. The highest BCUT2D eigenvalue weighted by molar-refractivity contribution is 5.38. The van der Waals surface area contributed by atoms with E-state index >= 15 is 0 Å². The van der Waals surface area contributed by atoms with Crippen LogP contribution in [0.15, 0.2) is 12.1 Å². The van der Waals surface area contributed by atoms with Gasteiger partial charge in [0.15, 0.2) is 5.82 Å². The van der Waals surface area contributed by atoms with Crippen molar-refractivity contribution in [3.8, 4) is 0 Å². The van der Waals surface area contributed by atoms with Crippen LogP contribution in [0.4, 0.5) is 5.82 Å². The molecule has 0 unspecified atom stereocenters. The molecule has 0 aliphatic carbocycles. The molecule has 0 aromatic carbocycles. The number of rotatable bonds is 1. The van der Waals surface area contributed by atoms with Gasteiger partial charge in [-0.15, -0.1) is 5.10 Å². The summed E-state index contributed by atoms with van der Waals surface area (Å²) in [6.45, 7) is 6.61. The van der Waals surface area contributed by atoms with Crippen LogP contribution < -0.4 is 10.2 Å². The Morgan fingerprint density at radius 1 is 1.25 bits per heavy atom. The first-order valence-electron chi connectivity index (χ1n) is 6.09. The summed E-state index contributed by atoms with van der Waals surface area (Å²) in [5.41, 5.74) is 0.987. The third kappa shape index (κ3) is 1.78. The zero-order chi connectivity index (χ0) is 11.0. The molecular weight excluding hydrogens is 200 g/mol. The van der Waals surface area contributed by atoms with Gasteiger partial charge in [-0.3, -0.25) is 0 Å². The van der Waals surface area contributed by atoms with Gasteiger partial charge in [0.25, 0.3) is 0 Å². The Hall–Kier alpha value is -1.16. The first-order valence-corrected chi connectivity index (χ1v) is 6.09. The van der Waals surface area contributed by atoms with Gasteiger partial charge < -0.3 is 10.2 Å². The lowest BCUT2D eigenvalue weighted by Gasteiger charge is -2.34. The molecule has 2 atom stereocenters. The van der Waals surface area contributed by atoms with E-state index in [1.807, 2.05) is 13.0 Å². The van der Waals surface area contributed by atoms with Gasteiger partial charge in [-0.2, -0.15) is 5.10 Å². The van der Waals surface area contributed by atoms with Crippen molar-refractivity contribution < 1.29 is 0 Å². The van der Waals surface area contributed by atoms with Gasteiger partial charge in [0, 0.05) is 13.1 Å². The second kappa shape index (κ2) is 4.01. The Bertz CT molecular complexity index is 362. The highest BCUT2D eigenvalue weighted by Gasteiger charge is 2.33. The lowest BCUT2D eigenvalue weighted by atomic mass is 9.89. The predicted molar refractivity (Wildman–Crippen MR) is 63.4 cm³/mol. The van der Waals surface area contributed by atoms with Crippen molar-refractivity contribution in [1.82, 2.24) is 15.5 Å². The second-order valence-corrected chi connectivity index (χ2v) is 4.95. The summed E-state index contributed by atoms with van der Waals surface area (Å²) in [5.74, 6) is 2.72. The van der Waals surface area contributed by atoms with Gasteiger partial charge in [-0.25, -0.2) is 0 Å². The van der Waals surface area contributed by atoms with Gasteiger partial charge in [-0.1, -0.05) is 0 Å². The summed E-state index contributed by atoms with van der Waals surface area (Å²) in [4.78, 5) is 2.38. The van der Waals surface area contributed by atoms with Crippen molar-refractivity contribution in [2.24, 2.45) is 11.8 Å². The van der Waals surface area contributed by atoms with Crippen LogP contribution in [-0.4, -0.2) is 36.4 Å². The first kappa shape index (κ1) is 10.0. The lowest BCUT2D eigenvalue weighted by molar-refractivity contribution is 0.347. The minimum atomic E-state index is 0.803. The molecule has 2 aliphatic heterocycles. The monoisotopic (exact) mass is 218 g/mol. The molecule has 0 amide bonds. The van der Waals surface area contributed by atoms with Crippen molar-refractivity contribution in [2.75, 3.05) is 31.1 Å². The fraction of sp³-hybridized carbons (Fsp3) is 0.667. The van der Waals surface area contributed by atoms with Gasteiger partial charge >= 0.3 is 0 Å². The van der Waals surface area contributed by atoms with Crippen LogP contribution in [0.3, 0.4) is 0 Å². The van der Waals surface area contributed by atoms with E-state index in [1.54, 1.807) is 0 Å². The molecule has 4 nitrogen and oxygen atoms in total. The number of anilines is 1. The highest BCUT2D eigenvalue weighted by atomic mass is 15.3. The van der Waals surface area contributed by atoms with E-state index in [1.165, 1.54) is 19.5 Å². The topological polar surface area (TPSA) is 41.0 Å². The smallest absolute Gasteiger partial charge is 0.151 e. The molecule has 0 spiro atoms. The fourth-order valence-corrected chi connectivity index (χ4v) is 2.80. The molecule has 2 aliphatic rings. The molecule has 3 rings (SSSR count). The van der Waals surface area contributed by atoms with Gasteiger partial charge in [-0.05, 0) is 50.4 Å². The summed E-state index contributed by atoms with van der Waals surface area (Å²) in [6, 6.07) is 4.13. The quantitative estimate of drug-likeness (QED) is 0.758. The number of hydrogen-bond donors (Lipinski definition) is 1. The van der Waals surface area contributed by atoms with Crippen LogP contribution in [0.2, 0.25) is 0 Å². The van der Waals surface area contributed by atoms with E-state index < -0.39 is 0 Å². The number of nitrogens with one attached hydrogen (secondary N) is 1. The summed E-state index contributed by atoms with van der Waals surface area (Å²) < 4.78 is 0. The predicted octanol–water partition coefficient (Wildman–Crippen LogP) is 0.831. The molecule has 1 aromatic rings.